The van der Waals surface area contributed by atoms with E-state index in [2.05, 4.69) is 53.8 Å². The van der Waals surface area contributed by atoms with E-state index in [1.54, 1.807) is 0 Å². The Morgan fingerprint density at radius 2 is 1.85 bits per heavy atom. The van der Waals surface area contributed by atoms with Crippen molar-refractivity contribution in [3.8, 4) is 0 Å². The second kappa shape index (κ2) is 8.99. The highest BCUT2D eigenvalue weighted by Gasteiger charge is 2.51. The number of carbonyl (C=O) groups is 1. The number of sulfone groups is 1. The van der Waals surface area contributed by atoms with Crippen molar-refractivity contribution < 1.29 is 17.6 Å². The average molecular weight is 507 g/mol. The van der Waals surface area contributed by atoms with Crippen LogP contribution in [-0.2, 0) is 19.1 Å². The summed E-state index contributed by atoms with van der Waals surface area (Å²) >= 11 is 0. The van der Waals surface area contributed by atoms with E-state index in [9.17, 15) is 13.2 Å². The van der Waals surface area contributed by atoms with E-state index in [1.807, 2.05) is 0 Å². The molecule has 2 saturated carbocycles. The van der Waals surface area contributed by atoms with Gasteiger partial charge in [-0.1, -0.05) is 51.8 Å². The Bertz CT molecular complexity index is 986. The topological polar surface area (TPSA) is 60.4 Å². The van der Waals surface area contributed by atoms with Crippen LogP contribution in [-0.4, -0.2) is 40.1 Å². The van der Waals surface area contributed by atoms with Gasteiger partial charge in [0.2, 0.25) is 0 Å². The van der Waals surface area contributed by atoms with Crippen LogP contribution < -0.4 is 0 Å². The zero-order valence-corrected chi connectivity index (χ0v) is 24.3. The Balaban J connectivity index is 1.60. The molecule has 4 rings (SSSR count). The molecule has 0 radical (unpaired) electrons. The molecule has 3 aliphatic carbocycles. The first-order chi connectivity index (χ1) is 15.7. The lowest BCUT2D eigenvalue weighted by molar-refractivity contribution is -0.113. The van der Waals surface area contributed by atoms with E-state index in [1.165, 1.54) is 5.57 Å². The molecule has 0 aromatic carbocycles. The SMILES string of the molecule is C[C@H](C=O)C1CCC2/C(=C/C3C4=C(CC[C@H](O[Si](C)(C)C(C)(C)C)C4)CS3(=O)=O)CCC[C@@]21C. The van der Waals surface area contributed by atoms with Gasteiger partial charge >= 0.3 is 0 Å². The molecule has 0 aromatic rings. The normalized spacial score (nSPS) is 38.0. The number of fused-ring (bicyclic) bond motifs is 1. The van der Waals surface area contributed by atoms with Gasteiger partial charge in [-0.15, -0.1) is 0 Å². The van der Waals surface area contributed by atoms with Crippen LogP contribution in [0.3, 0.4) is 0 Å². The quantitative estimate of drug-likeness (QED) is 0.238. The third-order valence-corrected chi connectivity index (χ3v) is 16.8. The van der Waals surface area contributed by atoms with Crippen LogP contribution in [0.4, 0.5) is 0 Å². The fourth-order valence-corrected chi connectivity index (χ4v) is 10.8. The third kappa shape index (κ3) is 4.56. The summed E-state index contributed by atoms with van der Waals surface area (Å²) in [6, 6.07) is 0. The summed E-state index contributed by atoms with van der Waals surface area (Å²) in [5, 5.41) is -0.317. The second-order valence-electron chi connectivity index (χ2n) is 13.4. The summed E-state index contributed by atoms with van der Waals surface area (Å²) < 4.78 is 33.5. The van der Waals surface area contributed by atoms with Crippen molar-refractivity contribution >= 4 is 24.4 Å². The molecular weight excluding hydrogens is 460 g/mol. The number of rotatable bonds is 5. The van der Waals surface area contributed by atoms with Gasteiger partial charge in [0.25, 0.3) is 0 Å². The smallest absolute Gasteiger partial charge is 0.192 e. The molecule has 2 fully saturated rings. The van der Waals surface area contributed by atoms with Gasteiger partial charge in [-0.05, 0) is 92.3 Å². The molecule has 3 unspecified atom stereocenters. The summed E-state index contributed by atoms with van der Waals surface area (Å²) in [6.07, 6.45) is 11.4. The zero-order valence-electron chi connectivity index (χ0n) is 22.4. The molecule has 4 aliphatic rings. The minimum absolute atomic E-state index is 0.0745. The number of hydrogen-bond acceptors (Lipinski definition) is 4. The van der Waals surface area contributed by atoms with Crippen LogP contribution in [0.15, 0.2) is 22.8 Å². The summed E-state index contributed by atoms with van der Waals surface area (Å²) in [7, 11) is -5.10. The number of aldehydes is 1. The minimum atomic E-state index is -3.20. The number of carbonyl (C=O) groups excluding carboxylic acids is 1. The molecule has 0 amide bonds. The maximum atomic E-state index is 13.4. The predicted octanol–water partition coefficient (Wildman–Crippen LogP) is 6.63. The predicted molar refractivity (Wildman–Crippen MR) is 142 cm³/mol. The number of hydrogen-bond donors (Lipinski definition) is 0. The first kappa shape index (κ1) is 26.3. The average Bonchev–Trinajstić information content (AvgIpc) is 3.20. The van der Waals surface area contributed by atoms with Gasteiger partial charge in [0.1, 0.15) is 11.5 Å². The second-order valence-corrected chi connectivity index (χ2v) is 20.3. The van der Waals surface area contributed by atoms with E-state index in [0.29, 0.717) is 11.8 Å². The summed E-state index contributed by atoms with van der Waals surface area (Å²) in [5.74, 6) is 1.13. The Morgan fingerprint density at radius 3 is 2.50 bits per heavy atom. The maximum Gasteiger partial charge on any atom is 0.192 e. The summed E-state index contributed by atoms with van der Waals surface area (Å²) in [6.45, 7) is 15.8. The number of allylic oxidation sites excluding steroid dienone is 1. The van der Waals surface area contributed by atoms with Crippen LogP contribution in [0.2, 0.25) is 18.1 Å². The Morgan fingerprint density at radius 1 is 1.15 bits per heavy atom. The Hall–Kier alpha value is -0.723. The lowest BCUT2D eigenvalue weighted by atomic mass is 9.61. The molecule has 4 nitrogen and oxygen atoms in total. The van der Waals surface area contributed by atoms with Gasteiger partial charge in [0.05, 0.1) is 5.75 Å². The van der Waals surface area contributed by atoms with E-state index >= 15 is 0 Å². The molecule has 6 atom stereocenters. The third-order valence-electron chi connectivity index (χ3n) is 10.3. The van der Waals surface area contributed by atoms with Crippen molar-refractivity contribution in [2.24, 2.45) is 23.2 Å². The summed E-state index contributed by atoms with van der Waals surface area (Å²) in [5.41, 5.74) is 3.77. The first-order valence-electron chi connectivity index (χ1n) is 13.5. The fraction of sp³-hybridized carbons (Fsp3) is 0.821. The lowest BCUT2D eigenvalue weighted by Gasteiger charge is -2.44. The van der Waals surface area contributed by atoms with Crippen LogP contribution in [0, 0.1) is 23.2 Å². The van der Waals surface area contributed by atoms with Gasteiger partial charge in [-0.2, -0.15) is 0 Å². The van der Waals surface area contributed by atoms with Crippen molar-refractivity contribution in [3.63, 3.8) is 0 Å². The highest BCUT2D eigenvalue weighted by atomic mass is 32.2. The van der Waals surface area contributed by atoms with Crippen molar-refractivity contribution in [2.45, 2.75) is 115 Å². The van der Waals surface area contributed by atoms with E-state index < -0.39 is 23.4 Å². The maximum absolute atomic E-state index is 13.4. The van der Waals surface area contributed by atoms with Crippen LogP contribution in [0.1, 0.15) is 86.0 Å². The monoisotopic (exact) mass is 506 g/mol. The Kier molecular flexibility index (Phi) is 6.96. The molecule has 34 heavy (non-hydrogen) atoms. The molecular formula is C28H46O4SSi. The van der Waals surface area contributed by atoms with Gasteiger partial charge in [0.15, 0.2) is 18.2 Å². The zero-order chi connectivity index (χ0) is 25.1. The first-order valence-corrected chi connectivity index (χ1v) is 18.1. The molecule has 6 heteroatoms. The van der Waals surface area contributed by atoms with Crippen LogP contribution in [0.25, 0.3) is 0 Å². The van der Waals surface area contributed by atoms with Gasteiger partial charge < -0.3 is 9.22 Å². The van der Waals surface area contributed by atoms with Crippen molar-refractivity contribution in [3.05, 3.63) is 22.8 Å². The van der Waals surface area contributed by atoms with Crippen LogP contribution >= 0.6 is 0 Å². The van der Waals surface area contributed by atoms with Crippen molar-refractivity contribution in [2.75, 3.05) is 5.75 Å². The molecule has 1 heterocycles. The largest absolute Gasteiger partial charge is 0.414 e. The Labute approximate surface area is 209 Å². The van der Waals surface area contributed by atoms with Gasteiger partial charge in [-0.25, -0.2) is 8.42 Å². The van der Waals surface area contributed by atoms with Crippen molar-refractivity contribution in [1.82, 2.24) is 0 Å². The molecule has 1 aliphatic heterocycles. The van der Waals surface area contributed by atoms with E-state index in [-0.39, 0.29) is 28.2 Å². The highest BCUT2D eigenvalue weighted by Crippen LogP contribution is 2.59. The molecule has 0 bridgehead atoms. The lowest BCUT2D eigenvalue weighted by Crippen LogP contribution is -2.44. The molecule has 0 N–H and O–H groups in total. The molecule has 0 saturated heterocycles. The highest BCUT2D eigenvalue weighted by molar-refractivity contribution is 7.92. The molecule has 0 aromatic heterocycles. The standard InChI is InChI=1S/C28H46O4SSi/c1-19(17-29)24-12-13-25-20(9-8-14-28(24,25)5)15-26-23-16-22(32-34(6,7)27(2,3)4)11-10-21(23)18-33(26,30)31/h15,17,19,22,24-26H,8-14,16,18H2,1-7H3/b20-15+/t19-,22+,24?,25?,26?,28-/m1/s1. The minimum Gasteiger partial charge on any atom is -0.414 e. The van der Waals surface area contributed by atoms with Gasteiger partial charge in [0, 0.05) is 12.0 Å². The van der Waals surface area contributed by atoms with E-state index in [0.717, 1.165) is 68.8 Å². The fourth-order valence-electron chi connectivity index (χ4n) is 7.35. The van der Waals surface area contributed by atoms with Crippen molar-refractivity contribution in [1.29, 1.82) is 0 Å². The molecule has 0 spiro atoms. The van der Waals surface area contributed by atoms with E-state index in [4.69, 9.17) is 4.43 Å². The molecule has 192 valence electrons. The van der Waals surface area contributed by atoms with Gasteiger partial charge in [-0.3, -0.25) is 0 Å². The van der Waals surface area contributed by atoms with Crippen LogP contribution in [0.5, 0.6) is 0 Å². The summed E-state index contributed by atoms with van der Waals surface area (Å²) in [4.78, 5) is 11.6.